The van der Waals surface area contributed by atoms with Crippen LogP contribution in [0.2, 0.25) is 0 Å². The second-order valence-electron chi connectivity index (χ2n) is 6.36. The molecule has 2 heterocycles. The van der Waals surface area contributed by atoms with Crippen molar-refractivity contribution in [3.8, 4) is 0 Å². The Morgan fingerprint density at radius 1 is 1.38 bits per heavy atom. The van der Waals surface area contributed by atoms with E-state index in [0.717, 1.165) is 24.8 Å². The molecule has 0 aromatic heterocycles. The van der Waals surface area contributed by atoms with E-state index >= 15 is 0 Å². The summed E-state index contributed by atoms with van der Waals surface area (Å²) in [5.41, 5.74) is 1.71. The number of benzene rings is 1. The number of rotatable bonds is 2. The number of aryl methyl sites for hydroxylation is 1. The van der Waals surface area contributed by atoms with Crippen LogP contribution in [-0.4, -0.2) is 37.1 Å². The molecule has 1 aromatic rings. The number of halogens is 1. The number of methoxy groups -OCH3 is 1. The standard InChI is InChI=1S/C17H22FNO2/c1-10-8-11(4-6-14(10)18)13-9-12-5-7-15(19(12)2)16(13)17(20)21-3/h4,6,8,12-13,15-16H,5,7,9H2,1-3H3/t12?,13-,15?,16?/m1/s1. The number of piperidine rings is 1. The maximum absolute atomic E-state index is 13.5. The van der Waals surface area contributed by atoms with Crippen molar-refractivity contribution in [2.45, 2.75) is 44.2 Å². The molecular weight excluding hydrogens is 269 g/mol. The van der Waals surface area contributed by atoms with Crippen molar-refractivity contribution < 1.29 is 13.9 Å². The minimum absolute atomic E-state index is 0.130. The summed E-state index contributed by atoms with van der Waals surface area (Å²) in [5.74, 6) is -0.350. The SMILES string of the molecule is COC(=O)C1C2CCC(C[C@@H]1c1ccc(F)c(C)c1)N2C. The number of carbonyl (C=O) groups is 1. The normalized spacial score (nSPS) is 32.2. The van der Waals surface area contributed by atoms with Gasteiger partial charge in [-0.05, 0) is 50.4 Å². The van der Waals surface area contributed by atoms with Gasteiger partial charge in [-0.3, -0.25) is 9.69 Å². The molecular formula is C17H22FNO2. The van der Waals surface area contributed by atoms with Crippen LogP contribution in [0, 0.1) is 18.7 Å². The van der Waals surface area contributed by atoms with E-state index in [1.54, 1.807) is 6.92 Å². The van der Waals surface area contributed by atoms with Gasteiger partial charge in [-0.25, -0.2) is 4.39 Å². The lowest BCUT2D eigenvalue weighted by molar-refractivity contribution is -0.150. The number of fused-ring (bicyclic) bond motifs is 2. The molecule has 2 bridgehead atoms. The van der Waals surface area contributed by atoms with Gasteiger partial charge in [0.15, 0.2) is 0 Å². The molecule has 2 saturated heterocycles. The maximum atomic E-state index is 13.5. The average Bonchev–Trinajstić information content (AvgIpc) is 2.72. The first kappa shape index (κ1) is 14.5. The molecule has 1 aromatic carbocycles. The lowest BCUT2D eigenvalue weighted by Gasteiger charge is -2.41. The number of ether oxygens (including phenoxy) is 1. The fraction of sp³-hybridized carbons (Fsp3) is 0.588. The van der Waals surface area contributed by atoms with Crippen molar-refractivity contribution in [2.24, 2.45) is 5.92 Å². The highest BCUT2D eigenvalue weighted by Gasteiger charge is 2.49. The van der Waals surface area contributed by atoms with Crippen molar-refractivity contribution in [3.05, 3.63) is 35.1 Å². The Hall–Kier alpha value is -1.42. The highest BCUT2D eigenvalue weighted by atomic mass is 19.1. The molecule has 3 rings (SSSR count). The minimum Gasteiger partial charge on any atom is -0.469 e. The molecule has 3 nitrogen and oxygen atoms in total. The van der Waals surface area contributed by atoms with Gasteiger partial charge in [-0.1, -0.05) is 12.1 Å². The van der Waals surface area contributed by atoms with Crippen molar-refractivity contribution in [1.82, 2.24) is 4.90 Å². The highest BCUT2D eigenvalue weighted by Crippen LogP contribution is 2.46. The van der Waals surface area contributed by atoms with Gasteiger partial charge in [0, 0.05) is 18.0 Å². The average molecular weight is 291 g/mol. The highest BCUT2D eigenvalue weighted by molar-refractivity contribution is 5.75. The van der Waals surface area contributed by atoms with Crippen LogP contribution in [0.3, 0.4) is 0 Å². The summed E-state index contributed by atoms with van der Waals surface area (Å²) in [5, 5.41) is 0. The molecule has 2 fully saturated rings. The van der Waals surface area contributed by atoms with Gasteiger partial charge in [0.25, 0.3) is 0 Å². The Bertz CT molecular complexity index is 560. The molecule has 0 saturated carbocycles. The van der Waals surface area contributed by atoms with Crippen LogP contribution in [-0.2, 0) is 9.53 Å². The Morgan fingerprint density at radius 3 is 2.81 bits per heavy atom. The first-order valence-electron chi connectivity index (χ1n) is 7.58. The topological polar surface area (TPSA) is 29.5 Å². The molecule has 0 radical (unpaired) electrons. The van der Waals surface area contributed by atoms with Crippen molar-refractivity contribution in [2.75, 3.05) is 14.2 Å². The number of carbonyl (C=O) groups excluding carboxylic acids is 1. The summed E-state index contributed by atoms with van der Waals surface area (Å²) in [7, 11) is 3.56. The molecule has 4 heteroatoms. The van der Waals surface area contributed by atoms with Crippen LogP contribution in [0.1, 0.15) is 36.3 Å². The van der Waals surface area contributed by atoms with Crippen LogP contribution < -0.4 is 0 Å². The van der Waals surface area contributed by atoms with Crippen molar-refractivity contribution >= 4 is 5.97 Å². The summed E-state index contributed by atoms with van der Waals surface area (Å²) in [4.78, 5) is 14.6. The van der Waals surface area contributed by atoms with Crippen LogP contribution >= 0.6 is 0 Å². The van der Waals surface area contributed by atoms with E-state index in [9.17, 15) is 9.18 Å². The van der Waals surface area contributed by atoms with Gasteiger partial charge >= 0.3 is 5.97 Å². The molecule has 0 aliphatic carbocycles. The summed E-state index contributed by atoms with van der Waals surface area (Å²) in [6.07, 6.45) is 3.11. The second kappa shape index (κ2) is 5.41. The number of nitrogens with zero attached hydrogens (tertiary/aromatic N) is 1. The van der Waals surface area contributed by atoms with Gasteiger partial charge in [0.05, 0.1) is 13.0 Å². The summed E-state index contributed by atoms with van der Waals surface area (Å²) < 4.78 is 18.6. The third kappa shape index (κ3) is 2.35. The lowest BCUT2D eigenvalue weighted by Crippen LogP contribution is -2.49. The first-order valence-corrected chi connectivity index (χ1v) is 7.58. The lowest BCUT2D eigenvalue weighted by atomic mass is 9.76. The first-order chi connectivity index (χ1) is 10.0. The zero-order valence-electron chi connectivity index (χ0n) is 12.8. The Balaban J connectivity index is 1.98. The molecule has 0 amide bonds. The van der Waals surface area contributed by atoms with Crippen LogP contribution in [0.15, 0.2) is 18.2 Å². The van der Waals surface area contributed by atoms with Crippen molar-refractivity contribution in [1.29, 1.82) is 0 Å². The molecule has 114 valence electrons. The van der Waals surface area contributed by atoms with Gasteiger partial charge in [0.2, 0.25) is 0 Å². The number of hydrogen-bond donors (Lipinski definition) is 0. The Morgan fingerprint density at radius 2 is 2.14 bits per heavy atom. The monoisotopic (exact) mass is 291 g/mol. The molecule has 21 heavy (non-hydrogen) atoms. The predicted octanol–water partition coefficient (Wildman–Crippen LogP) is 2.87. The quantitative estimate of drug-likeness (QED) is 0.785. The fourth-order valence-corrected chi connectivity index (χ4v) is 4.17. The molecule has 4 atom stereocenters. The Labute approximate surface area is 125 Å². The van der Waals surface area contributed by atoms with Gasteiger partial charge < -0.3 is 4.74 Å². The molecule has 2 aliphatic heterocycles. The predicted molar refractivity (Wildman–Crippen MR) is 78.6 cm³/mol. The van der Waals surface area contributed by atoms with E-state index in [1.165, 1.54) is 13.2 Å². The number of esters is 1. The second-order valence-corrected chi connectivity index (χ2v) is 6.36. The van der Waals surface area contributed by atoms with Gasteiger partial charge in [-0.2, -0.15) is 0 Å². The summed E-state index contributed by atoms with van der Waals surface area (Å²) in [6.45, 7) is 1.77. The Kier molecular flexibility index (Phi) is 3.74. The third-order valence-corrected chi connectivity index (χ3v) is 5.35. The van der Waals surface area contributed by atoms with E-state index in [4.69, 9.17) is 4.74 Å². The smallest absolute Gasteiger partial charge is 0.310 e. The summed E-state index contributed by atoms with van der Waals surface area (Å²) >= 11 is 0. The van der Waals surface area contributed by atoms with E-state index in [2.05, 4.69) is 11.9 Å². The molecule has 0 spiro atoms. The largest absolute Gasteiger partial charge is 0.469 e. The zero-order valence-corrected chi connectivity index (χ0v) is 12.8. The van der Waals surface area contributed by atoms with Crippen LogP contribution in [0.4, 0.5) is 4.39 Å². The van der Waals surface area contributed by atoms with E-state index in [0.29, 0.717) is 11.6 Å². The van der Waals surface area contributed by atoms with E-state index < -0.39 is 0 Å². The van der Waals surface area contributed by atoms with Crippen LogP contribution in [0.25, 0.3) is 0 Å². The van der Waals surface area contributed by atoms with Crippen LogP contribution in [0.5, 0.6) is 0 Å². The van der Waals surface area contributed by atoms with E-state index in [-0.39, 0.29) is 29.7 Å². The fourth-order valence-electron chi connectivity index (χ4n) is 4.17. The zero-order chi connectivity index (χ0) is 15.1. The van der Waals surface area contributed by atoms with Gasteiger partial charge in [-0.15, -0.1) is 0 Å². The molecule has 3 unspecified atom stereocenters. The molecule has 0 N–H and O–H groups in total. The van der Waals surface area contributed by atoms with E-state index in [1.807, 2.05) is 12.1 Å². The van der Waals surface area contributed by atoms with Crippen molar-refractivity contribution in [3.63, 3.8) is 0 Å². The maximum Gasteiger partial charge on any atom is 0.310 e. The minimum atomic E-state index is -0.190. The third-order valence-electron chi connectivity index (χ3n) is 5.35. The number of hydrogen-bond acceptors (Lipinski definition) is 3. The molecule has 2 aliphatic rings. The van der Waals surface area contributed by atoms with Gasteiger partial charge in [0.1, 0.15) is 5.82 Å². The summed E-state index contributed by atoms with van der Waals surface area (Å²) in [6, 6.07) is 5.99.